The molecule has 2 fully saturated rings. The van der Waals surface area contributed by atoms with Crippen LogP contribution in [0, 0.1) is 0 Å². The minimum atomic E-state index is 0.237. The van der Waals surface area contributed by atoms with E-state index < -0.39 is 0 Å². The average Bonchev–Trinajstić information content (AvgIpc) is 3.29. The summed E-state index contributed by atoms with van der Waals surface area (Å²) in [5, 5.41) is 0. The van der Waals surface area contributed by atoms with Crippen molar-refractivity contribution in [2.45, 2.75) is 37.9 Å². The number of aromatic nitrogens is 2. The number of hydrogen-bond acceptors (Lipinski definition) is 6. The third-order valence-electron chi connectivity index (χ3n) is 6.54. The summed E-state index contributed by atoms with van der Waals surface area (Å²) in [4.78, 5) is 9.21. The maximum Gasteiger partial charge on any atom is 0.165 e. The molecule has 0 atom stereocenters. The normalized spacial score (nSPS) is 19.8. The van der Waals surface area contributed by atoms with Gasteiger partial charge in [0, 0.05) is 69.4 Å². The van der Waals surface area contributed by atoms with Crippen LogP contribution in [0.3, 0.4) is 0 Å². The number of rotatable bonds is 8. The molecule has 1 spiro atoms. The van der Waals surface area contributed by atoms with Gasteiger partial charge in [0.2, 0.25) is 0 Å². The molecule has 2 saturated heterocycles. The van der Waals surface area contributed by atoms with Gasteiger partial charge in [0.25, 0.3) is 0 Å². The second-order valence-corrected chi connectivity index (χ2v) is 8.42. The summed E-state index contributed by atoms with van der Waals surface area (Å²) in [7, 11) is 3.98. The van der Waals surface area contributed by atoms with Gasteiger partial charge in [-0.3, -0.25) is 9.80 Å². The molecule has 2 aromatic rings. The van der Waals surface area contributed by atoms with E-state index in [1.807, 2.05) is 18.6 Å². The van der Waals surface area contributed by atoms with E-state index in [1.54, 1.807) is 13.3 Å². The highest BCUT2D eigenvalue weighted by Gasteiger charge is 2.41. The summed E-state index contributed by atoms with van der Waals surface area (Å²) in [6.45, 7) is 7.38. The van der Waals surface area contributed by atoms with E-state index in [2.05, 4.69) is 38.5 Å². The standard InChI is InChI=1S/C23H34N4O3/c1-25-12-13-27(18-23(25)7-15-29-16-8-23)17-20-5-3-6-21(28-2)22(20)30-14-4-10-26-11-9-24-19-26/h3,5-6,9,11,19H,4,7-8,10,12-18H2,1-2H3. The number of imidazole rings is 1. The first kappa shape index (κ1) is 21.2. The van der Waals surface area contributed by atoms with E-state index in [0.717, 1.165) is 76.7 Å². The molecule has 1 aromatic heterocycles. The van der Waals surface area contributed by atoms with Gasteiger partial charge in [-0.2, -0.15) is 0 Å². The number of likely N-dealkylation sites (N-methyl/N-ethyl adjacent to an activating group) is 1. The first-order valence-corrected chi connectivity index (χ1v) is 11.0. The molecule has 2 aliphatic heterocycles. The van der Waals surface area contributed by atoms with E-state index >= 15 is 0 Å². The Bertz CT molecular complexity index is 790. The maximum absolute atomic E-state index is 6.24. The largest absolute Gasteiger partial charge is 0.493 e. The van der Waals surface area contributed by atoms with Crippen LogP contribution < -0.4 is 9.47 Å². The lowest BCUT2D eigenvalue weighted by Gasteiger charge is -2.51. The van der Waals surface area contributed by atoms with Gasteiger partial charge in [-0.25, -0.2) is 4.98 Å². The zero-order chi connectivity index (χ0) is 20.8. The van der Waals surface area contributed by atoms with Crippen LogP contribution in [0.15, 0.2) is 36.9 Å². The van der Waals surface area contributed by atoms with Crippen LogP contribution in [0.25, 0.3) is 0 Å². The smallest absolute Gasteiger partial charge is 0.165 e. The van der Waals surface area contributed by atoms with Crippen molar-refractivity contribution in [2.24, 2.45) is 0 Å². The fourth-order valence-electron chi connectivity index (χ4n) is 4.66. The molecule has 164 valence electrons. The van der Waals surface area contributed by atoms with Crippen molar-refractivity contribution in [3.05, 3.63) is 42.5 Å². The van der Waals surface area contributed by atoms with Crippen LogP contribution >= 0.6 is 0 Å². The highest BCUT2D eigenvalue weighted by Crippen LogP contribution is 2.35. The zero-order valence-corrected chi connectivity index (χ0v) is 18.3. The molecule has 3 heterocycles. The molecule has 0 bridgehead atoms. The number of hydrogen-bond donors (Lipinski definition) is 0. The van der Waals surface area contributed by atoms with E-state index in [4.69, 9.17) is 14.2 Å². The van der Waals surface area contributed by atoms with E-state index in [-0.39, 0.29) is 5.54 Å². The number of para-hydroxylation sites is 1. The number of benzene rings is 1. The van der Waals surface area contributed by atoms with Gasteiger partial charge in [0.15, 0.2) is 11.5 Å². The highest BCUT2D eigenvalue weighted by molar-refractivity contribution is 5.46. The van der Waals surface area contributed by atoms with Gasteiger partial charge in [-0.1, -0.05) is 12.1 Å². The first-order chi connectivity index (χ1) is 14.7. The van der Waals surface area contributed by atoms with Crippen LogP contribution in [0.4, 0.5) is 0 Å². The Balaban J connectivity index is 1.41. The molecule has 7 nitrogen and oxygen atoms in total. The van der Waals surface area contributed by atoms with E-state index in [0.29, 0.717) is 6.61 Å². The third kappa shape index (κ3) is 4.79. The van der Waals surface area contributed by atoms with E-state index in [9.17, 15) is 0 Å². The number of nitrogens with zero attached hydrogens (tertiary/aromatic N) is 4. The van der Waals surface area contributed by atoms with Gasteiger partial charge < -0.3 is 18.8 Å². The Morgan fingerprint density at radius 3 is 2.83 bits per heavy atom. The molecule has 0 amide bonds. The molecule has 2 aliphatic rings. The van der Waals surface area contributed by atoms with Crippen molar-refractivity contribution in [1.82, 2.24) is 19.4 Å². The van der Waals surface area contributed by atoms with Gasteiger partial charge in [0.1, 0.15) is 0 Å². The molecule has 0 aliphatic carbocycles. The molecule has 30 heavy (non-hydrogen) atoms. The maximum atomic E-state index is 6.24. The summed E-state index contributed by atoms with van der Waals surface area (Å²) in [5.41, 5.74) is 1.44. The molecular formula is C23H34N4O3. The molecule has 7 heteroatoms. The summed E-state index contributed by atoms with van der Waals surface area (Å²) in [6.07, 6.45) is 8.76. The summed E-state index contributed by atoms with van der Waals surface area (Å²) in [6, 6.07) is 6.22. The topological polar surface area (TPSA) is 52.0 Å². The predicted molar refractivity (Wildman–Crippen MR) is 116 cm³/mol. The minimum Gasteiger partial charge on any atom is -0.493 e. The number of piperazine rings is 1. The second-order valence-electron chi connectivity index (χ2n) is 8.42. The lowest BCUT2D eigenvalue weighted by atomic mass is 9.86. The summed E-state index contributed by atoms with van der Waals surface area (Å²) >= 11 is 0. The molecule has 0 saturated carbocycles. The fraction of sp³-hybridized carbons (Fsp3) is 0.609. The van der Waals surface area contributed by atoms with Crippen LogP contribution in [0.5, 0.6) is 11.5 Å². The first-order valence-electron chi connectivity index (χ1n) is 11.0. The van der Waals surface area contributed by atoms with Crippen molar-refractivity contribution in [2.75, 3.05) is 53.6 Å². The Hall–Kier alpha value is -2.09. The Kier molecular flexibility index (Phi) is 6.92. The molecule has 1 aromatic carbocycles. The highest BCUT2D eigenvalue weighted by atomic mass is 16.5. The molecule has 0 unspecified atom stereocenters. The number of aryl methyl sites for hydroxylation is 1. The van der Waals surface area contributed by atoms with Crippen molar-refractivity contribution < 1.29 is 14.2 Å². The number of methoxy groups -OCH3 is 1. The summed E-state index contributed by atoms with van der Waals surface area (Å²) in [5.74, 6) is 1.69. The molecule has 0 N–H and O–H groups in total. The fourth-order valence-corrected chi connectivity index (χ4v) is 4.66. The third-order valence-corrected chi connectivity index (χ3v) is 6.54. The van der Waals surface area contributed by atoms with Crippen LogP contribution in [0.2, 0.25) is 0 Å². The van der Waals surface area contributed by atoms with Gasteiger partial charge in [0.05, 0.1) is 20.0 Å². The molecule has 0 radical (unpaired) electrons. The van der Waals surface area contributed by atoms with Crippen LogP contribution in [-0.4, -0.2) is 78.5 Å². The Morgan fingerprint density at radius 1 is 1.20 bits per heavy atom. The quantitative estimate of drug-likeness (QED) is 0.619. The van der Waals surface area contributed by atoms with Crippen LogP contribution in [-0.2, 0) is 17.8 Å². The SMILES string of the molecule is COc1cccc(CN2CCN(C)C3(CCOCC3)C2)c1OCCCn1ccnc1. The lowest BCUT2D eigenvalue weighted by Crippen LogP contribution is -2.62. The number of ether oxygens (including phenoxy) is 3. The summed E-state index contributed by atoms with van der Waals surface area (Å²) < 4.78 is 19.6. The van der Waals surface area contributed by atoms with Gasteiger partial charge in [-0.15, -0.1) is 0 Å². The second kappa shape index (κ2) is 9.81. The Labute approximate surface area is 179 Å². The zero-order valence-electron chi connectivity index (χ0n) is 18.3. The van der Waals surface area contributed by atoms with Gasteiger partial charge >= 0.3 is 0 Å². The molecular weight excluding hydrogens is 380 g/mol. The van der Waals surface area contributed by atoms with Crippen molar-refractivity contribution >= 4 is 0 Å². The Morgan fingerprint density at radius 2 is 2.07 bits per heavy atom. The van der Waals surface area contributed by atoms with Crippen molar-refractivity contribution in [3.8, 4) is 11.5 Å². The predicted octanol–water partition coefficient (Wildman–Crippen LogP) is 2.66. The lowest BCUT2D eigenvalue weighted by molar-refractivity contribution is -0.0626. The van der Waals surface area contributed by atoms with Crippen molar-refractivity contribution in [3.63, 3.8) is 0 Å². The van der Waals surface area contributed by atoms with Crippen molar-refractivity contribution in [1.29, 1.82) is 0 Å². The molecule has 4 rings (SSSR count). The minimum absolute atomic E-state index is 0.237. The van der Waals surface area contributed by atoms with Crippen LogP contribution in [0.1, 0.15) is 24.8 Å². The van der Waals surface area contributed by atoms with Gasteiger partial charge in [-0.05, 0) is 32.4 Å². The van der Waals surface area contributed by atoms with E-state index in [1.165, 1.54) is 5.56 Å². The monoisotopic (exact) mass is 414 g/mol. The average molecular weight is 415 g/mol.